The van der Waals surface area contributed by atoms with Crippen LogP contribution in [0.5, 0.6) is 0 Å². The van der Waals surface area contributed by atoms with Crippen molar-refractivity contribution in [2.75, 3.05) is 11.9 Å². The Hall–Kier alpha value is -3.29. The lowest BCUT2D eigenvalue weighted by molar-refractivity contribution is -0.131. The predicted octanol–water partition coefficient (Wildman–Crippen LogP) is 4.74. The van der Waals surface area contributed by atoms with Gasteiger partial charge in [-0.15, -0.1) is 0 Å². The van der Waals surface area contributed by atoms with Crippen LogP contribution in [0, 0.1) is 0 Å². The van der Waals surface area contributed by atoms with Crippen molar-refractivity contribution < 1.29 is 24.2 Å². The van der Waals surface area contributed by atoms with Gasteiger partial charge < -0.3 is 20.1 Å². The summed E-state index contributed by atoms with van der Waals surface area (Å²) in [7, 11) is 0. The van der Waals surface area contributed by atoms with E-state index in [1.54, 1.807) is 37.3 Å². The summed E-state index contributed by atoms with van der Waals surface area (Å²) in [6.45, 7) is 1.79. The normalized spacial score (nSPS) is 11.4. The van der Waals surface area contributed by atoms with Gasteiger partial charge in [-0.1, -0.05) is 35.3 Å². The molecule has 9 heteroatoms. The highest BCUT2D eigenvalue weighted by Crippen LogP contribution is 2.39. The Balaban J connectivity index is 2.33. The van der Waals surface area contributed by atoms with Crippen LogP contribution in [0.15, 0.2) is 42.5 Å². The monoisotopic (exact) mass is 446 g/mol. The van der Waals surface area contributed by atoms with Crippen LogP contribution >= 0.6 is 23.2 Å². The number of nitrogens with one attached hydrogen (secondary N) is 2. The Morgan fingerprint density at radius 3 is 2.50 bits per heavy atom. The summed E-state index contributed by atoms with van der Waals surface area (Å²) in [5, 5.41) is 13.0. The van der Waals surface area contributed by atoms with Crippen LogP contribution in [0.2, 0.25) is 10.0 Å². The van der Waals surface area contributed by atoms with Crippen LogP contribution in [0.1, 0.15) is 28.5 Å². The third kappa shape index (κ3) is 4.32. The number of aromatic nitrogens is 1. The quantitative estimate of drug-likeness (QED) is 0.276. The molecular formula is C21H16Cl2N2O5. The first-order chi connectivity index (χ1) is 14.3. The molecular weight excluding hydrogens is 431 g/mol. The highest BCUT2D eigenvalue weighted by Gasteiger charge is 2.25. The Labute approximate surface area is 181 Å². The summed E-state index contributed by atoms with van der Waals surface area (Å²) in [4.78, 5) is 37.8. The zero-order chi connectivity index (χ0) is 21.8. The maximum Gasteiger partial charge on any atom is 0.355 e. The molecule has 3 rings (SSSR count). The maximum atomic E-state index is 12.6. The summed E-state index contributed by atoms with van der Waals surface area (Å²) < 4.78 is 5.14. The highest BCUT2D eigenvalue weighted by molar-refractivity contribution is 6.39. The van der Waals surface area contributed by atoms with Crippen LogP contribution in [0.25, 0.3) is 16.5 Å². The lowest BCUT2D eigenvalue weighted by Gasteiger charge is -2.11. The van der Waals surface area contributed by atoms with Gasteiger partial charge in [-0.05, 0) is 42.3 Å². The number of carboxylic acid groups (broad SMARTS) is 1. The van der Waals surface area contributed by atoms with Gasteiger partial charge in [0.05, 0.1) is 11.6 Å². The molecule has 3 aromatic rings. The van der Waals surface area contributed by atoms with Crippen molar-refractivity contribution in [3.05, 3.63) is 69.3 Å². The van der Waals surface area contributed by atoms with Gasteiger partial charge in [0.2, 0.25) is 6.41 Å². The molecule has 1 heterocycles. The fraction of sp³-hybridized carbons (Fsp3) is 0.0952. The Morgan fingerprint density at radius 2 is 1.90 bits per heavy atom. The molecule has 0 radical (unpaired) electrons. The van der Waals surface area contributed by atoms with E-state index in [0.717, 1.165) is 6.08 Å². The second-order valence-electron chi connectivity index (χ2n) is 6.14. The minimum Gasteiger partial charge on any atom is -0.478 e. The zero-order valence-corrected chi connectivity index (χ0v) is 17.2. The van der Waals surface area contributed by atoms with Gasteiger partial charge in [0, 0.05) is 33.3 Å². The van der Waals surface area contributed by atoms with E-state index in [9.17, 15) is 19.5 Å². The number of hydrogen-bond acceptors (Lipinski definition) is 4. The van der Waals surface area contributed by atoms with Crippen LogP contribution in [-0.4, -0.2) is 35.0 Å². The number of halogens is 2. The number of esters is 1. The van der Waals surface area contributed by atoms with Gasteiger partial charge in [-0.2, -0.15) is 0 Å². The molecule has 0 saturated heterocycles. The number of amides is 1. The maximum absolute atomic E-state index is 12.6. The van der Waals surface area contributed by atoms with Crippen LogP contribution in [0.3, 0.4) is 0 Å². The predicted molar refractivity (Wildman–Crippen MR) is 115 cm³/mol. The van der Waals surface area contributed by atoms with Gasteiger partial charge in [0.15, 0.2) is 0 Å². The fourth-order valence-electron chi connectivity index (χ4n) is 3.11. The number of aromatic amines is 1. The summed E-state index contributed by atoms with van der Waals surface area (Å²) in [5.41, 5.74) is 2.05. The van der Waals surface area contributed by atoms with Crippen molar-refractivity contribution in [2.45, 2.75) is 6.92 Å². The van der Waals surface area contributed by atoms with Crippen molar-refractivity contribution >= 4 is 63.7 Å². The van der Waals surface area contributed by atoms with Crippen molar-refractivity contribution in [1.82, 2.24) is 4.98 Å². The minimum atomic E-state index is -1.21. The molecule has 154 valence electrons. The number of fused-ring (bicyclic) bond motifs is 1. The van der Waals surface area contributed by atoms with Gasteiger partial charge >= 0.3 is 11.9 Å². The number of rotatable bonds is 7. The number of anilines is 1. The SMILES string of the molecule is CCOC(=O)c1[nH]c2cc(Cl)cc(Cl)c2c1/C(=C\C(=O)O)c1ccc(NC=O)cc1. The molecule has 0 bridgehead atoms. The molecule has 7 nitrogen and oxygen atoms in total. The number of hydrogen-bond donors (Lipinski definition) is 3. The van der Waals surface area contributed by atoms with E-state index < -0.39 is 11.9 Å². The van der Waals surface area contributed by atoms with Crippen LogP contribution in [-0.2, 0) is 14.3 Å². The van der Waals surface area contributed by atoms with E-state index >= 15 is 0 Å². The lowest BCUT2D eigenvalue weighted by atomic mass is 9.94. The Bertz CT molecular complexity index is 1170. The number of aliphatic carboxylic acids is 1. The molecule has 3 N–H and O–H groups in total. The number of carbonyl (C=O) groups excluding carboxylic acids is 2. The Morgan fingerprint density at radius 1 is 1.20 bits per heavy atom. The topological polar surface area (TPSA) is 108 Å². The largest absolute Gasteiger partial charge is 0.478 e. The third-order valence-corrected chi connectivity index (χ3v) is 4.77. The van der Waals surface area contributed by atoms with Crippen molar-refractivity contribution in [1.29, 1.82) is 0 Å². The summed E-state index contributed by atoms with van der Waals surface area (Å²) >= 11 is 12.5. The Kier molecular flexibility index (Phi) is 6.44. The van der Waals surface area contributed by atoms with E-state index in [1.165, 1.54) is 6.07 Å². The minimum absolute atomic E-state index is 0.0543. The van der Waals surface area contributed by atoms with E-state index in [1.807, 2.05) is 0 Å². The van der Waals surface area contributed by atoms with Gasteiger partial charge in [-0.3, -0.25) is 4.79 Å². The van der Waals surface area contributed by atoms with Gasteiger partial charge in [0.25, 0.3) is 0 Å². The molecule has 2 aromatic carbocycles. The van der Waals surface area contributed by atoms with E-state index in [0.29, 0.717) is 33.6 Å². The van der Waals surface area contributed by atoms with Crippen LogP contribution in [0.4, 0.5) is 5.69 Å². The molecule has 1 amide bonds. The van der Waals surface area contributed by atoms with E-state index in [-0.39, 0.29) is 28.5 Å². The number of carboxylic acids is 1. The molecule has 0 fully saturated rings. The smallest absolute Gasteiger partial charge is 0.355 e. The zero-order valence-electron chi connectivity index (χ0n) is 15.7. The standard InChI is InChI=1S/C21H16Cl2N2O5/c1-2-30-21(29)20-18(19-15(23)7-12(22)8-16(19)25-20)14(9-17(27)28)11-3-5-13(6-4-11)24-10-26/h3-10,25H,2H2,1H3,(H,24,26)(H,27,28)/b14-9-. The summed E-state index contributed by atoms with van der Waals surface area (Å²) in [5.74, 6) is -1.87. The first-order valence-corrected chi connectivity index (χ1v) is 9.54. The summed E-state index contributed by atoms with van der Waals surface area (Å²) in [6, 6.07) is 9.56. The number of benzene rings is 2. The lowest BCUT2D eigenvalue weighted by Crippen LogP contribution is -2.08. The number of carbonyl (C=O) groups is 3. The van der Waals surface area contributed by atoms with Crippen molar-refractivity contribution in [2.24, 2.45) is 0 Å². The molecule has 0 unspecified atom stereocenters. The van der Waals surface area contributed by atoms with Gasteiger partial charge in [-0.25, -0.2) is 9.59 Å². The average Bonchev–Trinajstić information content (AvgIpc) is 3.06. The summed E-state index contributed by atoms with van der Waals surface area (Å²) in [6.07, 6.45) is 1.52. The number of H-pyrrole nitrogens is 1. The first kappa shape index (κ1) is 21.4. The van der Waals surface area contributed by atoms with E-state index in [2.05, 4.69) is 10.3 Å². The van der Waals surface area contributed by atoms with Crippen molar-refractivity contribution in [3.8, 4) is 0 Å². The molecule has 0 aliphatic rings. The van der Waals surface area contributed by atoms with E-state index in [4.69, 9.17) is 27.9 Å². The molecule has 0 atom stereocenters. The third-order valence-electron chi connectivity index (χ3n) is 4.25. The van der Waals surface area contributed by atoms with Crippen molar-refractivity contribution in [3.63, 3.8) is 0 Å². The molecule has 30 heavy (non-hydrogen) atoms. The second-order valence-corrected chi connectivity index (χ2v) is 6.99. The number of ether oxygens (including phenoxy) is 1. The van der Waals surface area contributed by atoms with Crippen LogP contribution < -0.4 is 5.32 Å². The fourth-order valence-corrected chi connectivity index (χ4v) is 3.70. The molecule has 0 spiro atoms. The second kappa shape index (κ2) is 9.02. The average molecular weight is 447 g/mol. The molecule has 0 aliphatic carbocycles. The molecule has 0 aliphatic heterocycles. The van der Waals surface area contributed by atoms with Gasteiger partial charge in [0.1, 0.15) is 5.69 Å². The highest BCUT2D eigenvalue weighted by atomic mass is 35.5. The first-order valence-electron chi connectivity index (χ1n) is 8.79. The molecule has 1 aromatic heterocycles. The molecule has 0 saturated carbocycles.